The van der Waals surface area contributed by atoms with Gasteiger partial charge in [0, 0.05) is 6.42 Å². The zero-order valence-electron chi connectivity index (χ0n) is 29.3. The molecule has 0 bridgehead atoms. The van der Waals surface area contributed by atoms with Crippen molar-refractivity contribution in [3.63, 3.8) is 0 Å². The van der Waals surface area contributed by atoms with Crippen LogP contribution in [0.25, 0.3) is 0 Å². The predicted molar refractivity (Wildman–Crippen MR) is 184 cm³/mol. The van der Waals surface area contributed by atoms with Crippen molar-refractivity contribution in [2.24, 2.45) is 5.73 Å². The quantitative estimate of drug-likeness (QED) is 0.0580. The van der Waals surface area contributed by atoms with Crippen molar-refractivity contribution >= 4 is 11.9 Å². The molecule has 0 aromatic carbocycles. The first-order valence-electron chi connectivity index (χ1n) is 19.1. The summed E-state index contributed by atoms with van der Waals surface area (Å²) in [5, 5.41) is 0. The number of carbonyl (C=O) groups excluding carboxylic acids is 2. The Bertz CT molecular complexity index is 611. The van der Waals surface area contributed by atoms with Crippen LogP contribution in [-0.4, -0.2) is 30.7 Å². The highest BCUT2D eigenvalue weighted by atomic mass is 16.5. The van der Waals surface area contributed by atoms with Gasteiger partial charge < -0.3 is 15.2 Å². The molecule has 0 rings (SSSR count). The molecule has 0 heterocycles. The molecule has 0 fully saturated rings. The van der Waals surface area contributed by atoms with Crippen LogP contribution in [0.5, 0.6) is 0 Å². The molecule has 1 unspecified atom stereocenters. The maximum absolute atomic E-state index is 13.1. The molecule has 256 valence electrons. The first-order chi connectivity index (χ1) is 21.0. The highest BCUT2D eigenvalue weighted by Gasteiger charge is 2.34. The van der Waals surface area contributed by atoms with Crippen LogP contribution < -0.4 is 5.73 Å². The topological polar surface area (TPSA) is 78.6 Å². The lowest BCUT2D eigenvalue weighted by Crippen LogP contribution is -2.49. The van der Waals surface area contributed by atoms with E-state index in [0.29, 0.717) is 26.1 Å². The lowest BCUT2D eigenvalue weighted by molar-refractivity contribution is -0.151. The van der Waals surface area contributed by atoms with Crippen LogP contribution >= 0.6 is 0 Å². The minimum absolute atomic E-state index is 0.0536. The summed E-state index contributed by atoms with van der Waals surface area (Å²) < 4.78 is 11.1. The standard InChI is InChI=1S/C38H75NO4/c1-4-7-10-13-16-18-24-29-34-42-36(40)31-26-21-20-23-28-33-38(39,32-27-22-15-12-9-6-3)37(41)43-35-30-25-19-17-14-11-8-5-2/h4-35,39H2,1-3H3. The molecule has 1 atom stereocenters. The molecule has 0 saturated carbocycles. The van der Waals surface area contributed by atoms with Crippen LogP contribution in [0.2, 0.25) is 0 Å². The molecule has 0 radical (unpaired) electrons. The van der Waals surface area contributed by atoms with Gasteiger partial charge in [0.1, 0.15) is 5.54 Å². The first kappa shape index (κ1) is 41.9. The normalized spacial score (nSPS) is 12.7. The van der Waals surface area contributed by atoms with Crippen LogP contribution in [0.15, 0.2) is 0 Å². The molecule has 0 aliphatic rings. The van der Waals surface area contributed by atoms with Crippen LogP contribution in [0.3, 0.4) is 0 Å². The summed E-state index contributed by atoms with van der Waals surface area (Å²) in [4.78, 5) is 25.1. The Morgan fingerprint density at radius 2 is 0.767 bits per heavy atom. The molecule has 0 aromatic rings. The van der Waals surface area contributed by atoms with E-state index in [9.17, 15) is 9.59 Å². The van der Waals surface area contributed by atoms with E-state index >= 15 is 0 Å². The van der Waals surface area contributed by atoms with E-state index in [-0.39, 0.29) is 11.9 Å². The van der Waals surface area contributed by atoms with E-state index in [1.54, 1.807) is 0 Å². The van der Waals surface area contributed by atoms with Crippen molar-refractivity contribution in [3.05, 3.63) is 0 Å². The third-order valence-electron chi connectivity index (χ3n) is 8.88. The number of nitrogens with two attached hydrogens (primary N) is 1. The summed E-state index contributed by atoms with van der Waals surface area (Å²) in [5.41, 5.74) is 5.88. The fraction of sp³-hybridized carbons (Fsp3) is 0.947. The summed E-state index contributed by atoms with van der Waals surface area (Å²) in [6.07, 6.45) is 33.9. The highest BCUT2D eigenvalue weighted by molar-refractivity contribution is 5.80. The Labute approximate surface area is 268 Å². The predicted octanol–water partition coefficient (Wildman–Crippen LogP) is 11.5. The molecule has 0 aliphatic heterocycles. The highest BCUT2D eigenvalue weighted by Crippen LogP contribution is 2.23. The third kappa shape index (κ3) is 28.1. The number of carbonyl (C=O) groups is 2. The van der Waals surface area contributed by atoms with Gasteiger partial charge in [0.2, 0.25) is 0 Å². The van der Waals surface area contributed by atoms with Crippen molar-refractivity contribution in [1.82, 2.24) is 0 Å². The van der Waals surface area contributed by atoms with Gasteiger partial charge in [0.25, 0.3) is 0 Å². The SMILES string of the molecule is CCCCCCCCCCOC(=O)CCCCCCCC(N)(CCCCCCCC)C(=O)OCCCCCCCCCC. The van der Waals surface area contributed by atoms with Gasteiger partial charge in [-0.2, -0.15) is 0 Å². The van der Waals surface area contributed by atoms with Gasteiger partial charge in [-0.15, -0.1) is 0 Å². The number of hydrogen-bond acceptors (Lipinski definition) is 5. The summed E-state index contributed by atoms with van der Waals surface area (Å²) >= 11 is 0. The van der Waals surface area contributed by atoms with Gasteiger partial charge >= 0.3 is 11.9 Å². The molecule has 0 aliphatic carbocycles. The van der Waals surface area contributed by atoms with Crippen molar-refractivity contribution in [2.45, 2.75) is 219 Å². The summed E-state index contributed by atoms with van der Waals surface area (Å²) in [5.74, 6) is -0.245. The van der Waals surface area contributed by atoms with Gasteiger partial charge in [-0.25, -0.2) is 0 Å². The third-order valence-corrected chi connectivity index (χ3v) is 8.88. The number of hydrogen-bond donors (Lipinski definition) is 1. The largest absolute Gasteiger partial charge is 0.466 e. The molecule has 0 spiro atoms. The van der Waals surface area contributed by atoms with E-state index in [4.69, 9.17) is 15.2 Å². The zero-order valence-corrected chi connectivity index (χ0v) is 29.3. The van der Waals surface area contributed by atoms with Crippen molar-refractivity contribution in [1.29, 1.82) is 0 Å². The summed E-state index contributed by atoms with van der Waals surface area (Å²) in [6.45, 7) is 7.80. The second-order valence-corrected chi connectivity index (χ2v) is 13.2. The maximum Gasteiger partial charge on any atom is 0.326 e. The maximum atomic E-state index is 13.1. The van der Waals surface area contributed by atoms with E-state index < -0.39 is 5.54 Å². The zero-order chi connectivity index (χ0) is 31.7. The monoisotopic (exact) mass is 610 g/mol. The number of rotatable bonds is 34. The Balaban J connectivity index is 4.12. The number of ether oxygens (including phenoxy) is 2. The van der Waals surface area contributed by atoms with Crippen molar-refractivity contribution in [3.8, 4) is 0 Å². The Morgan fingerprint density at radius 1 is 0.442 bits per heavy atom. The van der Waals surface area contributed by atoms with Gasteiger partial charge in [-0.1, -0.05) is 175 Å². The van der Waals surface area contributed by atoms with Crippen LogP contribution in [0, 0.1) is 0 Å². The fourth-order valence-electron chi connectivity index (χ4n) is 5.83. The van der Waals surface area contributed by atoms with Gasteiger partial charge in [-0.05, 0) is 32.1 Å². The van der Waals surface area contributed by atoms with E-state index in [1.807, 2.05) is 0 Å². The minimum Gasteiger partial charge on any atom is -0.466 e. The molecule has 2 N–H and O–H groups in total. The van der Waals surface area contributed by atoms with Crippen LogP contribution in [-0.2, 0) is 19.1 Å². The number of esters is 2. The molecule has 5 heteroatoms. The van der Waals surface area contributed by atoms with E-state index in [2.05, 4.69) is 20.8 Å². The second kappa shape index (κ2) is 32.3. The lowest BCUT2D eigenvalue weighted by Gasteiger charge is -2.27. The average Bonchev–Trinajstić information content (AvgIpc) is 3.00. The lowest BCUT2D eigenvalue weighted by atomic mass is 9.87. The average molecular weight is 610 g/mol. The molecule has 43 heavy (non-hydrogen) atoms. The van der Waals surface area contributed by atoms with E-state index in [1.165, 1.54) is 103 Å². The van der Waals surface area contributed by atoms with Gasteiger partial charge in [-0.3, -0.25) is 9.59 Å². The Morgan fingerprint density at radius 3 is 1.19 bits per heavy atom. The number of unbranched alkanes of at least 4 members (excludes halogenated alkanes) is 23. The van der Waals surface area contributed by atoms with Gasteiger partial charge in [0.05, 0.1) is 13.2 Å². The van der Waals surface area contributed by atoms with Crippen LogP contribution in [0.4, 0.5) is 0 Å². The first-order valence-corrected chi connectivity index (χ1v) is 19.1. The molecular formula is C38H75NO4. The molecular weight excluding hydrogens is 534 g/mol. The van der Waals surface area contributed by atoms with Crippen LogP contribution in [0.1, 0.15) is 213 Å². The van der Waals surface area contributed by atoms with Gasteiger partial charge in [0.15, 0.2) is 0 Å². The molecule has 5 nitrogen and oxygen atoms in total. The Hall–Kier alpha value is -1.10. The minimum atomic E-state index is -0.857. The van der Waals surface area contributed by atoms with Crippen molar-refractivity contribution in [2.75, 3.05) is 13.2 Å². The van der Waals surface area contributed by atoms with E-state index in [0.717, 1.165) is 77.0 Å². The second-order valence-electron chi connectivity index (χ2n) is 13.2. The fourth-order valence-corrected chi connectivity index (χ4v) is 5.83. The summed E-state index contributed by atoms with van der Waals surface area (Å²) in [7, 11) is 0. The molecule has 0 saturated heterocycles. The summed E-state index contributed by atoms with van der Waals surface area (Å²) in [6, 6.07) is 0. The molecule has 0 amide bonds. The Kier molecular flexibility index (Phi) is 31.5. The molecule has 0 aromatic heterocycles. The smallest absolute Gasteiger partial charge is 0.326 e. The van der Waals surface area contributed by atoms with Crippen molar-refractivity contribution < 1.29 is 19.1 Å².